The Kier molecular flexibility index (Phi) is 3.39. The molecule has 1 aromatic carbocycles. The van der Waals surface area contributed by atoms with Crippen LogP contribution in [0, 0.1) is 18.3 Å². The first-order chi connectivity index (χ1) is 9.74. The number of alkyl halides is 3. The van der Waals surface area contributed by atoms with Crippen LogP contribution in [0.4, 0.5) is 13.2 Å². The smallest absolute Gasteiger partial charge is 0.417 e. The lowest BCUT2D eigenvalue weighted by Crippen LogP contribution is -2.10. The third-order valence-electron chi connectivity index (χ3n) is 2.63. The van der Waals surface area contributed by atoms with E-state index in [4.69, 9.17) is 10.4 Å². The molecule has 6 nitrogen and oxygen atoms in total. The van der Waals surface area contributed by atoms with Gasteiger partial charge in [0.15, 0.2) is 0 Å². The van der Waals surface area contributed by atoms with Gasteiger partial charge in [0.25, 0.3) is 5.82 Å². The quantitative estimate of drug-likeness (QED) is 0.916. The maximum atomic E-state index is 12.9. The Morgan fingerprint density at radius 2 is 2.10 bits per heavy atom. The molecule has 0 aliphatic rings. The molecule has 0 radical (unpaired) electrons. The van der Waals surface area contributed by atoms with Gasteiger partial charge in [-0.1, -0.05) is 0 Å². The van der Waals surface area contributed by atoms with E-state index in [-0.39, 0.29) is 11.5 Å². The summed E-state index contributed by atoms with van der Waals surface area (Å²) in [6, 6.07) is 4.42. The van der Waals surface area contributed by atoms with Gasteiger partial charge in [0, 0.05) is 0 Å². The molecule has 2 rings (SSSR count). The van der Waals surface area contributed by atoms with E-state index in [1.54, 1.807) is 0 Å². The molecule has 1 aromatic heterocycles. The van der Waals surface area contributed by atoms with Gasteiger partial charge in [-0.05, 0) is 25.1 Å². The van der Waals surface area contributed by atoms with Crippen molar-refractivity contribution in [2.45, 2.75) is 13.1 Å². The molecule has 2 aromatic rings. The lowest BCUT2D eigenvalue weighted by atomic mass is 10.1. The number of aromatic carboxylic acids is 1. The summed E-state index contributed by atoms with van der Waals surface area (Å²) in [4.78, 5) is 14.4. The van der Waals surface area contributed by atoms with Crippen LogP contribution in [0.1, 0.15) is 27.6 Å². The second-order valence-corrected chi connectivity index (χ2v) is 4.04. The fourth-order valence-corrected chi connectivity index (χ4v) is 1.72. The Hall–Kier alpha value is -2.89. The van der Waals surface area contributed by atoms with E-state index < -0.39 is 29.1 Å². The van der Waals surface area contributed by atoms with Gasteiger partial charge in [0.05, 0.1) is 22.9 Å². The van der Waals surface area contributed by atoms with Gasteiger partial charge in [0.1, 0.15) is 5.82 Å². The van der Waals surface area contributed by atoms with Gasteiger partial charge in [-0.2, -0.15) is 18.4 Å². The fourth-order valence-electron chi connectivity index (χ4n) is 1.72. The summed E-state index contributed by atoms with van der Waals surface area (Å²) in [5.74, 6) is -1.79. The molecule has 21 heavy (non-hydrogen) atoms. The third-order valence-corrected chi connectivity index (χ3v) is 2.63. The van der Waals surface area contributed by atoms with E-state index in [0.29, 0.717) is 0 Å². The summed E-state index contributed by atoms with van der Waals surface area (Å²) in [6.07, 6.45) is -4.70. The van der Waals surface area contributed by atoms with Crippen LogP contribution < -0.4 is 0 Å². The van der Waals surface area contributed by atoms with Crippen molar-refractivity contribution in [3.05, 3.63) is 41.0 Å². The molecule has 0 atom stereocenters. The first-order valence-corrected chi connectivity index (χ1v) is 5.52. The van der Waals surface area contributed by atoms with Gasteiger partial charge in [-0.3, -0.25) is 0 Å². The summed E-state index contributed by atoms with van der Waals surface area (Å²) < 4.78 is 39.6. The maximum absolute atomic E-state index is 12.9. The number of carboxylic acids is 1. The standard InChI is InChI=1S/C12H7F3N4O2/c1-6-17-10(11(20)21)18-19(6)8-3-2-7(5-16)9(4-8)12(13,14)15/h2-4H,1H3,(H,20,21). The predicted octanol–water partition coefficient (Wildman–Crippen LogP) is 2.16. The van der Waals surface area contributed by atoms with Crippen molar-refractivity contribution < 1.29 is 23.1 Å². The molecule has 0 unspecified atom stereocenters. The van der Waals surface area contributed by atoms with E-state index in [2.05, 4.69) is 10.1 Å². The number of hydrogen-bond donors (Lipinski definition) is 1. The zero-order chi connectivity index (χ0) is 15.8. The molecule has 1 N–H and O–H groups in total. The fraction of sp³-hybridized carbons (Fsp3) is 0.167. The van der Waals surface area contributed by atoms with Crippen LogP contribution >= 0.6 is 0 Å². The second-order valence-electron chi connectivity index (χ2n) is 4.04. The summed E-state index contributed by atoms with van der Waals surface area (Å²) >= 11 is 0. The average Bonchev–Trinajstić information content (AvgIpc) is 2.79. The van der Waals surface area contributed by atoms with Gasteiger partial charge in [0.2, 0.25) is 0 Å². The Bertz CT molecular complexity index is 759. The number of nitrogens with zero attached hydrogens (tertiary/aromatic N) is 4. The van der Waals surface area contributed by atoms with Crippen LogP contribution in [0.5, 0.6) is 0 Å². The van der Waals surface area contributed by atoms with Crippen LogP contribution in [0.3, 0.4) is 0 Å². The molecule has 0 bridgehead atoms. The lowest BCUT2D eigenvalue weighted by Gasteiger charge is -2.11. The number of hydrogen-bond acceptors (Lipinski definition) is 4. The van der Waals surface area contributed by atoms with Crippen molar-refractivity contribution >= 4 is 5.97 Å². The third kappa shape index (κ3) is 2.69. The zero-order valence-corrected chi connectivity index (χ0v) is 10.5. The number of carbonyl (C=O) groups is 1. The highest BCUT2D eigenvalue weighted by molar-refractivity contribution is 5.83. The minimum atomic E-state index is -4.70. The SMILES string of the molecule is Cc1nc(C(=O)O)nn1-c1ccc(C#N)c(C(F)(F)F)c1. The zero-order valence-electron chi connectivity index (χ0n) is 10.5. The van der Waals surface area contributed by atoms with Gasteiger partial charge < -0.3 is 5.11 Å². The normalized spacial score (nSPS) is 11.2. The van der Waals surface area contributed by atoms with Gasteiger partial charge in [-0.25, -0.2) is 14.5 Å². The van der Waals surface area contributed by atoms with E-state index in [9.17, 15) is 18.0 Å². The first-order valence-electron chi connectivity index (χ1n) is 5.52. The Morgan fingerprint density at radius 3 is 2.57 bits per heavy atom. The molecule has 108 valence electrons. The molecule has 1 heterocycles. The molecular weight excluding hydrogens is 289 g/mol. The lowest BCUT2D eigenvalue weighted by molar-refractivity contribution is -0.137. The highest BCUT2D eigenvalue weighted by Gasteiger charge is 2.34. The van der Waals surface area contributed by atoms with E-state index in [1.165, 1.54) is 19.1 Å². The van der Waals surface area contributed by atoms with E-state index in [1.807, 2.05) is 0 Å². The van der Waals surface area contributed by atoms with E-state index in [0.717, 1.165) is 16.8 Å². The number of rotatable bonds is 2. The molecule has 0 saturated carbocycles. The monoisotopic (exact) mass is 296 g/mol. The van der Waals surface area contributed by atoms with Gasteiger partial charge in [-0.15, -0.1) is 5.10 Å². The summed E-state index contributed by atoms with van der Waals surface area (Å²) in [6.45, 7) is 1.41. The van der Waals surface area contributed by atoms with Crippen LogP contribution in [-0.4, -0.2) is 25.8 Å². The predicted molar refractivity (Wildman–Crippen MR) is 62.8 cm³/mol. The minimum Gasteiger partial charge on any atom is -0.475 e. The van der Waals surface area contributed by atoms with Crippen molar-refractivity contribution in [1.29, 1.82) is 5.26 Å². The first kappa shape index (κ1) is 14.5. The Morgan fingerprint density at radius 1 is 1.43 bits per heavy atom. The Labute approximate surface area is 116 Å². The minimum absolute atomic E-state index is 0.0289. The summed E-state index contributed by atoms with van der Waals surface area (Å²) in [7, 11) is 0. The van der Waals surface area contributed by atoms with Crippen molar-refractivity contribution in [2.75, 3.05) is 0 Å². The molecule has 0 saturated heterocycles. The highest BCUT2D eigenvalue weighted by atomic mass is 19.4. The van der Waals surface area contributed by atoms with Crippen molar-refractivity contribution in [2.24, 2.45) is 0 Å². The molecule has 0 aliphatic carbocycles. The molecule has 0 spiro atoms. The average molecular weight is 296 g/mol. The molecule has 9 heteroatoms. The molecule has 0 aliphatic heterocycles. The van der Waals surface area contributed by atoms with Crippen molar-refractivity contribution in [3.8, 4) is 11.8 Å². The molecule has 0 amide bonds. The van der Waals surface area contributed by atoms with E-state index >= 15 is 0 Å². The summed E-state index contributed by atoms with van der Waals surface area (Å²) in [5, 5.41) is 21.1. The molecular formula is C12H7F3N4O2. The number of aromatic nitrogens is 3. The number of benzene rings is 1. The largest absolute Gasteiger partial charge is 0.475 e. The van der Waals surface area contributed by atoms with Gasteiger partial charge >= 0.3 is 12.1 Å². The topological polar surface area (TPSA) is 91.8 Å². The number of nitriles is 1. The number of carboxylic acid groups (broad SMARTS) is 1. The van der Waals surface area contributed by atoms with Crippen LogP contribution in [-0.2, 0) is 6.18 Å². The second kappa shape index (κ2) is 4.90. The summed E-state index contributed by atoms with van der Waals surface area (Å²) in [5.41, 5.74) is -1.67. The number of halogens is 3. The van der Waals surface area contributed by atoms with Crippen LogP contribution in [0.15, 0.2) is 18.2 Å². The van der Waals surface area contributed by atoms with Crippen LogP contribution in [0.2, 0.25) is 0 Å². The van der Waals surface area contributed by atoms with Crippen LogP contribution in [0.25, 0.3) is 5.69 Å². The number of aryl methyl sites for hydroxylation is 1. The molecule has 0 fully saturated rings. The van der Waals surface area contributed by atoms with Crippen molar-refractivity contribution in [1.82, 2.24) is 14.8 Å². The highest BCUT2D eigenvalue weighted by Crippen LogP contribution is 2.33. The Balaban J connectivity index is 2.61. The maximum Gasteiger partial charge on any atom is 0.417 e. The van der Waals surface area contributed by atoms with Crippen molar-refractivity contribution in [3.63, 3.8) is 0 Å².